The lowest BCUT2D eigenvalue weighted by atomic mass is 10.00. The van der Waals surface area contributed by atoms with Crippen LogP contribution >= 0.6 is 11.9 Å². The van der Waals surface area contributed by atoms with Gasteiger partial charge in [-0.2, -0.15) is 0 Å². The van der Waals surface area contributed by atoms with Gasteiger partial charge >= 0.3 is 5.69 Å². The molecule has 2 fully saturated rings. The molecule has 7 nitrogen and oxygen atoms in total. The van der Waals surface area contributed by atoms with Gasteiger partial charge in [0.2, 0.25) is 0 Å². The highest BCUT2D eigenvalue weighted by atomic mass is 32.2. The summed E-state index contributed by atoms with van der Waals surface area (Å²) in [5.41, 5.74) is 2.21. The molecule has 1 aliphatic carbocycles. The van der Waals surface area contributed by atoms with Crippen LogP contribution in [0.4, 0.5) is 0 Å². The Kier molecular flexibility index (Phi) is 7.20. The smallest absolute Gasteiger partial charge is 0.329 e. The van der Waals surface area contributed by atoms with Crippen molar-refractivity contribution < 1.29 is 4.79 Å². The summed E-state index contributed by atoms with van der Waals surface area (Å²) in [6.45, 7) is 8.90. The largest absolute Gasteiger partial charge is 0.335 e. The van der Waals surface area contributed by atoms with Crippen LogP contribution in [0.25, 0.3) is 5.57 Å². The van der Waals surface area contributed by atoms with Gasteiger partial charge in [-0.3, -0.25) is 13.9 Å². The zero-order chi connectivity index (χ0) is 21.8. The fourth-order valence-corrected chi connectivity index (χ4v) is 5.43. The van der Waals surface area contributed by atoms with E-state index in [1.165, 1.54) is 0 Å². The number of hydrogen-bond donors (Lipinski definition) is 1. The molecule has 168 valence electrons. The van der Waals surface area contributed by atoms with E-state index in [1.54, 1.807) is 22.6 Å². The molecule has 1 amide bonds. The number of nitrogens with zero attached hydrogens (tertiary/aromatic N) is 4. The van der Waals surface area contributed by atoms with Crippen molar-refractivity contribution in [3.8, 4) is 0 Å². The number of amides is 1. The summed E-state index contributed by atoms with van der Waals surface area (Å²) in [6.07, 6.45) is 14.1. The number of allylic oxidation sites excluding steroid dienone is 5. The summed E-state index contributed by atoms with van der Waals surface area (Å²) >= 11 is 1.73. The van der Waals surface area contributed by atoms with Gasteiger partial charge in [-0.1, -0.05) is 36.3 Å². The number of carbonyl (C=O) groups is 1. The summed E-state index contributed by atoms with van der Waals surface area (Å²) in [5, 5.41) is 3.30. The summed E-state index contributed by atoms with van der Waals surface area (Å²) < 4.78 is 5.88. The second kappa shape index (κ2) is 10.1. The zero-order valence-corrected chi connectivity index (χ0v) is 19.2. The van der Waals surface area contributed by atoms with Crippen molar-refractivity contribution >= 4 is 23.4 Å². The second-order valence-corrected chi connectivity index (χ2v) is 9.18. The van der Waals surface area contributed by atoms with Crippen LogP contribution < -0.4 is 11.0 Å². The van der Waals surface area contributed by atoms with E-state index >= 15 is 0 Å². The van der Waals surface area contributed by atoms with Gasteiger partial charge in [-0.05, 0) is 37.5 Å². The predicted octanol–water partition coefficient (Wildman–Crippen LogP) is 2.53. The molecule has 0 bridgehead atoms. The standard InChI is InChI=1S/C23H33N5O2S/c1-3-13-27-21(22(29)25-15-11-24-12-16-25)20(18-8-5-4-6-9-18)28(23(27)30)19-10-7-14-26(17-19)31-2/h3,5,8-9,19,24H,1,4,6-7,10-17H2,2H3. The van der Waals surface area contributed by atoms with E-state index in [0.29, 0.717) is 25.3 Å². The summed E-state index contributed by atoms with van der Waals surface area (Å²) in [5.74, 6) is -0.0494. The number of hydrogen-bond acceptors (Lipinski definition) is 5. The molecule has 3 heterocycles. The van der Waals surface area contributed by atoms with Crippen molar-refractivity contribution in [2.45, 2.75) is 38.3 Å². The normalized spacial score (nSPS) is 22.4. The van der Waals surface area contributed by atoms with Crippen LogP contribution in [-0.4, -0.2) is 69.8 Å². The van der Waals surface area contributed by atoms with E-state index in [-0.39, 0.29) is 17.6 Å². The zero-order valence-electron chi connectivity index (χ0n) is 18.4. The number of carbonyl (C=O) groups excluding carboxylic acids is 1. The lowest BCUT2D eigenvalue weighted by molar-refractivity contribution is 0.0724. The van der Waals surface area contributed by atoms with Crippen LogP contribution in [0, 0.1) is 0 Å². The molecule has 2 saturated heterocycles. The third kappa shape index (κ3) is 4.47. The monoisotopic (exact) mass is 443 g/mol. The van der Waals surface area contributed by atoms with Gasteiger partial charge in [-0.15, -0.1) is 6.58 Å². The third-order valence-corrected chi connectivity index (χ3v) is 7.19. The molecule has 0 spiro atoms. The average molecular weight is 444 g/mol. The molecule has 4 rings (SSSR count). The second-order valence-electron chi connectivity index (χ2n) is 8.30. The molecule has 0 radical (unpaired) electrons. The maximum absolute atomic E-state index is 13.8. The van der Waals surface area contributed by atoms with E-state index in [0.717, 1.165) is 63.1 Å². The van der Waals surface area contributed by atoms with Crippen molar-refractivity contribution in [1.82, 2.24) is 23.7 Å². The average Bonchev–Trinajstić information content (AvgIpc) is 3.12. The summed E-state index contributed by atoms with van der Waals surface area (Å²) in [6, 6.07) is 0.0561. The van der Waals surface area contributed by atoms with Gasteiger partial charge < -0.3 is 10.2 Å². The number of nitrogens with one attached hydrogen (secondary N) is 1. The Labute approximate surface area is 188 Å². The van der Waals surface area contributed by atoms with E-state index in [1.807, 2.05) is 9.47 Å². The molecule has 1 N–H and O–H groups in total. The van der Waals surface area contributed by atoms with Crippen LogP contribution in [-0.2, 0) is 6.54 Å². The van der Waals surface area contributed by atoms with Crippen LogP contribution in [0.2, 0.25) is 0 Å². The first-order valence-electron chi connectivity index (χ1n) is 11.3. The Hall–Kier alpha value is -2.03. The number of piperazine rings is 1. The van der Waals surface area contributed by atoms with Crippen LogP contribution in [0.3, 0.4) is 0 Å². The molecular weight excluding hydrogens is 410 g/mol. The van der Waals surface area contributed by atoms with Gasteiger partial charge in [0, 0.05) is 45.8 Å². The van der Waals surface area contributed by atoms with Gasteiger partial charge in [-0.25, -0.2) is 9.10 Å². The highest BCUT2D eigenvalue weighted by Crippen LogP contribution is 2.32. The first-order valence-corrected chi connectivity index (χ1v) is 12.5. The van der Waals surface area contributed by atoms with E-state index in [9.17, 15) is 9.59 Å². The summed E-state index contributed by atoms with van der Waals surface area (Å²) in [4.78, 5) is 29.4. The minimum atomic E-state index is -0.0961. The minimum absolute atomic E-state index is 0.0494. The van der Waals surface area contributed by atoms with Gasteiger partial charge in [0.1, 0.15) is 5.69 Å². The maximum atomic E-state index is 13.8. The molecule has 0 aromatic carbocycles. The number of rotatable bonds is 6. The number of aromatic nitrogens is 2. The molecular formula is C23H33N5O2S. The highest BCUT2D eigenvalue weighted by molar-refractivity contribution is 7.96. The Bertz CT molecular complexity index is 938. The van der Waals surface area contributed by atoms with Crippen molar-refractivity contribution in [1.29, 1.82) is 0 Å². The maximum Gasteiger partial charge on any atom is 0.329 e. The minimum Gasteiger partial charge on any atom is -0.335 e. The fraction of sp³-hybridized carbons (Fsp3) is 0.565. The predicted molar refractivity (Wildman–Crippen MR) is 127 cm³/mol. The molecule has 1 unspecified atom stereocenters. The lowest BCUT2D eigenvalue weighted by Crippen LogP contribution is -2.47. The van der Waals surface area contributed by atoms with Crippen LogP contribution in [0.1, 0.15) is 47.9 Å². The quantitative estimate of drug-likeness (QED) is 0.541. The lowest BCUT2D eigenvalue weighted by Gasteiger charge is -2.32. The van der Waals surface area contributed by atoms with E-state index in [2.05, 4.69) is 40.7 Å². The Morgan fingerprint density at radius 1 is 1.29 bits per heavy atom. The molecule has 1 aromatic rings. The van der Waals surface area contributed by atoms with Crippen molar-refractivity contribution in [3.05, 3.63) is 52.8 Å². The van der Waals surface area contributed by atoms with E-state index < -0.39 is 0 Å². The van der Waals surface area contributed by atoms with Crippen LogP contribution in [0.15, 0.2) is 35.7 Å². The van der Waals surface area contributed by atoms with Crippen molar-refractivity contribution in [3.63, 3.8) is 0 Å². The van der Waals surface area contributed by atoms with E-state index in [4.69, 9.17) is 0 Å². The fourth-order valence-electron chi connectivity index (χ4n) is 4.80. The number of imidazole rings is 1. The first kappa shape index (κ1) is 22.2. The molecule has 2 aliphatic heterocycles. The molecule has 3 aliphatic rings. The SMILES string of the molecule is C=CCn1c(C(=O)N2CCNCC2)c(C2=CCCC=C2)n(C2CCCN(SC)C2)c1=O. The summed E-state index contributed by atoms with van der Waals surface area (Å²) in [7, 11) is 0. The van der Waals surface area contributed by atoms with Gasteiger partial charge in [0.15, 0.2) is 0 Å². The Morgan fingerprint density at radius 2 is 2.10 bits per heavy atom. The molecule has 31 heavy (non-hydrogen) atoms. The van der Waals surface area contributed by atoms with Crippen molar-refractivity contribution in [2.75, 3.05) is 45.5 Å². The van der Waals surface area contributed by atoms with Gasteiger partial charge in [0.05, 0.1) is 11.7 Å². The Morgan fingerprint density at radius 3 is 2.77 bits per heavy atom. The van der Waals surface area contributed by atoms with Crippen LogP contribution in [0.5, 0.6) is 0 Å². The van der Waals surface area contributed by atoms with Crippen molar-refractivity contribution in [2.24, 2.45) is 0 Å². The highest BCUT2D eigenvalue weighted by Gasteiger charge is 2.34. The first-order chi connectivity index (χ1) is 15.2. The molecule has 8 heteroatoms. The number of piperidine rings is 1. The molecule has 1 atom stereocenters. The van der Waals surface area contributed by atoms with Gasteiger partial charge in [0.25, 0.3) is 5.91 Å². The third-order valence-electron chi connectivity index (χ3n) is 6.34. The molecule has 0 saturated carbocycles. The molecule has 1 aromatic heterocycles. The Balaban J connectivity index is 1.88. The topological polar surface area (TPSA) is 62.5 Å².